The smallest absolute Gasteiger partial charge is 0.155 e. The number of aryl methyl sites for hydroxylation is 1. The maximum absolute atomic E-state index is 4.67. The Morgan fingerprint density at radius 1 is 1.17 bits per heavy atom. The SMILES string of the molecule is Cc1cc2ncc3c(n2n1)CC1CCC3N1Cc1ccccc1. The quantitative estimate of drug-likeness (QED) is 0.728. The van der Waals surface area contributed by atoms with Crippen LogP contribution in [0.25, 0.3) is 5.65 Å². The van der Waals surface area contributed by atoms with Gasteiger partial charge in [0.25, 0.3) is 0 Å². The predicted octanol–water partition coefficient (Wildman–Crippen LogP) is 3.30. The molecule has 0 saturated carbocycles. The minimum absolute atomic E-state index is 0.491. The highest BCUT2D eigenvalue weighted by atomic mass is 15.3. The van der Waals surface area contributed by atoms with Gasteiger partial charge in [0.1, 0.15) is 0 Å². The van der Waals surface area contributed by atoms with Crippen molar-refractivity contribution >= 4 is 5.65 Å². The molecule has 0 radical (unpaired) electrons. The summed E-state index contributed by atoms with van der Waals surface area (Å²) >= 11 is 0. The van der Waals surface area contributed by atoms with Gasteiger partial charge in [-0.3, -0.25) is 4.90 Å². The first-order valence-electron chi connectivity index (χ1n) is 8.43. The molecule has 4 heteroatoms. The second kappa shape index (κ2) is 4.90. The molecule has 1 fully saturated rings. The van der Waals surface area contributed by atoms with Crippen molar-refractivity contribution < 1.29 is 0 Å². The van der Waals surface area contributed by atoms with E-state index in [0.717, 1.165) is 24.3 Å². The van der Waals surface area contributed by atoms with E-state index in [9.17, 15) is 0 Å². The molecule has 2 unspecified atom stereocenters. The maximum atomic E-state index is 4.67. The number of aromatic nitrogens is 3. The molecule has 116 valence electrons. The van der Waals surface area contributed by atoms with E-state index in [-0.39, 0.29) is 0 Å². The van der Waals surface area contributed by atoms with Gasteiger partial charge in [-0.1, -0.05) is 30.3 Å². The van der Waals surface area contributed by atoms with Crippen molar-refractivity contribution in [3.63, 3.8) is 0 Å². The molecule has 23 heavy (non-hydrogen) atoms. The Kier molecular flexibility index (Phi) is 2.82. The highest BCUT2D eigenvalue weighted by molar-refractivity contribution is 5.44. The Hall–Kier alpha value is -2.20. The molecule has 0 amide bonds. The number of hydrogen-bond donors (Lipinski definition) is 0. The van der Waals surface area contributed by atoms with Crippen molar-refractivity contribution in [3.05, 3.63) is 65.1 Å². The lowest BCUT2D eigenvalue weighted by Crippen LogP contribution is -2.38. The van der Waals surface area contributed by atoms with E-state index in [4.69, 9.17) is 0 Å². The van der Waals surface area contributed by atoms with Crippen LogP contribution in [0.15, 0.2) is 42.6 Å². The molecule has 2 atom stereocenters. The lowest BCUT2D eigenvalue weighted by atomic mass is 9.98. The van der Waals surface area contributed by atoms with E-state index < -0.39 is 0 Å². The molecule has 3 aromatic rings. The first-order valence-corrected chi connectivity index (χ1v) is 8.43. The van der Waals surface area contributed by atoms with E-state index in [1.807, 2.05) is 6.92 Å². The van der Waals surface area contributed by atoms with Gasteiger partial charge in [0.2, 0.25) is 0 Å². The first kappa shape index (κ1) is 13.3. The van der Waals surface area contributed by atoms with Crippen LogP contribution in [-0.2, 0) is 13.0 Å². The summed E-state index contributed by atoms with van der Waals surface area (Å²) in [5, 5.41) is 4.67. The maximum Gasteiger partial charge on any atom is 0.155 e. The summed E-state index contributed by atoms with van der Waals surface area (Å²) in [4.78, 5) is 7.32. The average Bonchev–Trinajstić information content (AvgIpc) is 3.07. The molecule has 1 saturated heterocycles. The summed E-state index contributed by atoms with van der Waals surface area (Å²) in [6.07, 6.45) is 5.68. The van der Waals surface area contributed by atoms with Crippen LogP contribution in [0.2, 0.25) is 0 Å². The van der Waals surface area contributed by atoms with Gasteiger partial charge < -0.3 is 0 Å². The fraction of sp³-hybridized carbons (Fsp3) is 0.368. The van der Waals surface area contributed by atoms with E-state index in [2.05, 4.69) is 62.1 Å². The lowest BCUT2D eigenvalue weighted by Gasteiger charge is -2.36. The van der Waals surface area contributed by atoms with Crippen molar-refractivity contribution in [1.29, 1.82) is 0 Å². The second-order valence-electron chi connectivity index (χ2n) is 6.82. The fourth-order valence-corrected chi connectivity index (χ4v) is 4.34. The van der Waals surface area contributed by atoms with Crippen molar-refractivity contribution in [2.24, 2.45) is 0 Å². The Labute approximate surface area is 135 Å². The molecule has 2 aromatic heterocycles. The van der Waals surface area contributed by atoms with E-state index in [1.54, 1.807) is 0 Å². The molecule has 4 nitrogen and oxygen atoms in total. The van der Waals surface area contributed by atoms with E-state index in [1.165, 1.54) is 29.7 Å². The van der Waals surface area contributed by atoms with Crippen LogP contribution in [0.1, 0.15) is 41.4 Å². The monoisotopic (exact) mass is 304 g/mol. The van der Waals surface area contributed by atoms with Crippen LogP contribution >= 0.6 is 0 Å². The molecule has 5 rings (SSSR count). The topological polar surface area (TPSA) is 33.4 Å². The number of nitrogens with zero attached hydrogens (tertiary/aromatic N) is 4. The normalized spacial score (nSPS) is 23.3. The fourth-order valence-electron chi connectivity index (χ4n) is 4.34. The van der Waals surface area contributed by atoms with Crippen LogP contribution in [0, 0.1) is 6.92 Å². The molecule has 0 spiro atoms. The second-order valence-corrected chi connectivity index (χ2v) is 6.82. The zero-order valence-corrected chi connectivity index (χ0v) is 13.3. The van der Waals surface area contributed by atoms with Gasteiger partial charge in [-0.25, -0.2) is 9.50 Å². The summed E-state index contributed by atoms with van der Waals surface area (Å²) in [6.45, 7) is 3.08. The molecule has 0 N–H and O–H groups in total. The molecule has 2 bridgehead atoms. The third kappa shape index (κ3) is 2.01. The van der Waals surface area contributed by atoms with Crippen molar-refractivity contribution in [1.82, 2.24) is 19.5 Å². The van der Waals surface area contributed by atoms with Crippen LogP contribution in [0.3, 0.4) is 0 Å². The van der Waals surface area contributed by atoms with Crippen molar-refractivity contribution in [2.75, 3.05) is 0 Å². The van der Waals surface area contributed by atoms with Gasteiger partial charge in [0.15, 0.2) is 5.65 Å². The molecular weight excluding hydrogens is 284 g/mol. The summed E-state index contributed by atoms with van der Waals surface area (Å²) in [5.74, 6) is 0. The molecule has 4 heterocycles. The lowest BCUT2D eigenvalue weighted by molar-refractivity contribution is 0.165. The number of fused-ring (bicyclic) bond motifs is 6. The molecule has 0 aliphatic carbocycles. The Balaban J connectivity index is 1.56. The molecular formula is C19H20N4. The van der Waals surface area contributed by atoms with Gasteiger partial charge in [-0.05, 0) is 25.3 Å². The third-order valence-corrected chi connectivity index (χ3v) is 5.38. The minimum atomic E-state index is 0.491. The van der Waals surface area contributed by atoms with Crippen LogP contribution < -0.4 is 0 Å². The van der Waals surface area contributed by atoms with Crippen molar-refractivity contribution in [2.45, 2.75) is 44.8 Å². The number of rotatable bonds is 2. The highest BCUT2D eigenvalue weighted by Crippen LogP contribution is 2.44. The number of benzene rings is 1. The molecule has 1 aromatic carbocycles. The summed E-state index contributed by atoms with van der Waals surface area (Å²) < 4.78 is 2.08. The Bertz CT molecular complexity index is 868. The van der Waals surface area contributed by atoms with E-state index >= 15 is 0 Å². The summed E-state index contributed by atoms with van der Waals surface area (Å²) in [5.41, 5.74) is 6.18. The largest absolute Gasteiger partial charge is 0.289 e. The van der Waals surface area contributed by atoms with Gasteiger partial charge in [0, 0.05) is 42.9 Å². The van der Waals surface area contributed by atoms with Crippen LogP contribution in [-0.4, -0.2) is 25.5 Å². The van der Waals surface area contributed by atoms with Gasteiger partial charge in [-0.15, -0.1) is 0 Å². The van der Waals surface area contributed by atoms with Gasteiger partial charge in [0.05, 0.1) is 11.4 Å². The standard InChI is InChI=1S/C19H20N4/c1-13-9-19-20-11-16-17-8-7-15(10-18(16)23(19)21-13)22(17)12-14-5-3-2-4-6-14/h2-6,9,11,15,17H,7-8,10,12H2,1H3. The van der Waals surface area contributed by atoms with Crippen molar-refractivity contribution in [3.8, 4) is 0 Å². The third-order valence-electron chi connectivity index (χ3n) is 5.38. The number of hydrogen-bond acceptors (Lipinski definition) is 3. The summed E-state index contributed by atoms with van der Waals surface area (Å²) in [6, 6.07) is 14.0. The highest BCUT2D eigenvalue weighted by Gasteiger charge is 2.41. The van der Waals surface area contributed by atoms with Gasteiger partial charge >= 0.3 is 0 Å². The first-order chi connectivity index (χ1) is 11.3. The zero-order valence-electron chi connectivity index (χ0n) is 13.3. The predicted molar refractivity (Wildman–Crippen MR) is 89.2 cm³/mol. The summed E-state index contributed by atoms with van der Waals surface area (Å²) in [7, 11) is 0. The van der Waals surface area contributed by atoms with Crippen LogP contribution in [0.5, 0.6) is 0 Å². The van der Waals surface area contributed by atoms with Crippen LogP contribution in [0.4, 0.5) is 0 Å². The molecule has 2 aliphatic heterocycles. The average molecular weight is 304 g/mol. The van der Waals surface area contributed by atoms with E-state index in [0.29, 0.717) is 12.1 Å². The Morgan fingerprint density at radius 2 is 2.04 bits per heavy atom. The minimum Gasteiger partial charge on any atom is -0.289 e. The zero-order chi connectivity index (χ0) is 15.4. The molecule has 2 aliphatic rings. The Morgan fingerprint density at radius 3 is 2.91 bits per heavy atom. The van der Waals surface area contributed by atoms with Gasteiger partial charge in [-0.2, -0.15) is 5.10 Å².